The van der Waals surface area contributed by atoms with E-state index >= 15 is 0 Å². The molecule has 5 aromatic rings. The van der Waals surface area contributed by atoms with Crippen LogP contribution < -0.4 is 30.2 Å². The largest absolute Gasteiger partial charge is 0.497 e. The zero-order chi connectivity index (χ0) is 35.5. The summed E-state index contributed by atoms with van der Waals surface area (Å²) in [6.07, 6.45) is 2.09. The van der Waals surface area contributed by atoms with Gasteiger partial charge in [-0.2, -0.15) is 0 Å². The summed E-state index contributed by atoms with van der Waals surface area (Å²) < 4.78 is 16.2. The second-order valence-electron chi connectivity index (χ2n) is 10.7. The molecule has 1 atom stereocenters. The van der Waals surface area contributed by atoms with Gasteiger partial charge < -0.3 is 30.2 Å². The van der Waals surface area contributed by atoms with Gasteiger partial charge in [0.15, 0.2) is 16.6 Å². The Balaban J connectivity index is 1.30. The zero-order valence-corrected chi connectivity index (χ0v) is 29.5. The Morgan fingerprint density at radius 1 is 0.860 bits per heavy atom. The van der Waals surface area contributed by atoms with E-state index in [-0.39, 0.29) is 11.6 Å². The van der Waals surface area contributed by atoms with Gasteiger partial charge in [0.2, 0.25) is 5.91 Å². The number of methoxy groups -OCH3 is 3. The normalized spacial score (nSPS) is 11.6. The van der Waals surface area contributed by atoms with E-state index in [4.69, 9.17) is 14.2 Å². The molecule has 1 aromatic heterocycles. The Morgan fingerprint density at radius 2 is 1.62 bits per heavy atom. The van der Waals surface area contributed by atoms with Gasteiger partial charge in [0.1, 0.15) is 11.4 Å². The van der Waals surface area contributed by atoms with Gasteiger partial charge in [-0.05, 0) is 73.2 Å². The standard InChI is InChI=1S/C38H36N4O6S2/c1-5-33(37(45)42-38-41-31(23-49-38)24-17-19-28(46-2)20-18-24)50-29-15-10-14-27(22-29)39-36(44)30(40-35(43)25-11-7-6-8-12-25)21-26-13-9-16-32(47-3)34(26)48-4/h6-23,33H,5H2,1-4H3,(H,39,44)(H,40,43)(H,41,42,45)/b30-21+. The van der Waals surface area contributed by atoms with Crippen LogP contribution in [-0.4, -0.2) is 49.3 Å². The van der Waals surface area contributed by atoms with Gasteiger partial charge >= 0.3 is 0 Å². The number of hydrogen-bond acceptors (Lipinski definition) is 9. The van der Waals surface area contributed by atoms with Crippen LogP contribution in [0, 0.1) is 0 Å². The van der Waals surface area contributed by atoms with Crippen LogP contribution in [0.1, 0.15) is 29.3 Å². The topological polar surface area (TPSA) is 128 Å². The van der Waals surface area contributed by atoms with Crippen LogP contribution in [0.25, 0.3) is 17.3 Å². The van der Waals surface area contributed by atoms with Gasteiger partial charge in [-0.15, -0.1) is 23.1 Å². The number of nitrogens with one attached hydrogen (secondary N) is 3. The van der Waals surface area contributed by atoms with Crippen molar-refractivity contribution in [2.45, 2.75) is 23.5 Å². The fourth-order valence-electron chi connectivity index (χ4n) is 4.87. The van der Waals surface area contributed by atoms with Crippen molar-refractivity contribution in [1.29, 1.82) is 0 Å². The zero-order valence-electron chi connectivity index (χ0n) is 27.9. The minimum absolute atomic E-state index is 0.00766. The summed E-state index contributed by atoms with van der Waals surface area (Å²) in [6.45, 7) is 1.94. The van der Waals surface area contributed by atoms with E-state index in [9.17, 15) is 14.4 Å². The predicted octanol–water partition coefficient (Wildman–Crippen LogP) is 7.75. The molecule has 4 aromatic carbocycles. The fourth-order valence-corrected chi connectivity index (χ4v) is 6.60. The number of hydrogen-bond donors (Lipinski definition) is 3. The van der Waals surface area contributed by atoms with Crippen LogP contribution >= 0.6 is 23.1 Å². The predicted molar refractivity (Wildman–Crippen MR) is 199 cm³/mol. The SMILES string of the molecule is CCC(Sc1cccc(NC(=O)/C(=C\c2cccc(OC)c2OC)NC(=O)c2ccccc2)c1)C(=O)Nc1nc(-c2ccc(OC)cc2)cs1. The summed E-state index contributed by atoms with van der Waals surface area (Å²) in [5, 5.41) is 10.6. The molecule has 5 rings (SSSR count). The van der Waals surface area contributed by atoms with Crippen molar-refractivity contribution in [1.82, 2.24) is 10.3 Å². The van der Waals surface area contributed by atoms with E-state index in [0.717, 1.165) is 21.9 Å². The molecule has 256 valence electrons. The highest BCUT2D eigenvalue weighted by molar-refractivity contribution is 8.00. The third-order valence-electron chi connectivity index (χ3n) is 7.42. The van der Waals surface area contributed by atoms with Gasteiger partial charge in [-0.25, -0.2) is 4.98 Å². The average Bonchev–Trinajstić information content (AvgIpc) is 3.62. The van der Waals surface area contributed by atoms with Gasteiger partial charge in [0.05, 0.1) is 32.3 Å². The minimum atomic E-state index is -0.553. The van der Waals surface area contributed by atoms with Crippen LogP contribution in [-0.2, 0) is 9.59 Å². The lowest BCUT2D eigenvalue weighted by atomic mass is 10.1. The van der Waals surface area contributed by atoms with Crippen molar-refractivity contribution in [2.75, 3.05) is 32.0 Å². The number of aromatic nitrogens is 1. The van der Waals surface area contributed by atoms with E-state index < -0.39 is 17.1 Å². The summed E-state index contributed by atoms with van der Waals surface area (Å²) in [6, 6.07) is 28.6. The number of para-hydroxylation sites is 1. The molecular weight excluding hydrogens is 673 g/mol. The lowest BCUT2D eigenvalue weighted by Gasteiger charge is -2.15. The lowest BCUT2D eigenvalue weighted by molar-refractivity contribution is -0.116. The third kappa shape index (κ3) is 9.10. The van der Waals surface area contributed by atoms with Crippen LogP contribution in [0.5, 0.6) is 17.2 Å². The number of thioether (sulfide) groups is 1. The second kappa shape index (κ2) is 17.2. The average molecular weight is 709 g/mol. The number of ether oxygens (including phenoxy) is 3. The first kappa shape index (κ1) is 35.7. The molecule has 0 saturated heterocycles. The Labute approximate surface area is 298 Å². The lowest BCUT2D eigenvalue weighted by Crippen LogP contribution is -2.30. The molecule has 3 amide bonds. The smallest absolute Gasteiger partial charge is 0.272 e. The van der Waals surface area contributed by atoms with Gasteiger partial charge in [-0.3, -0.25) is 14.4 Å². The van der Waals surface area contributed by atoms with Crippen molar-refractivity contribution >= 4 is 57.7 Å². The Hall–Kier alpha value is -5.59. The number of benzene rings is 4. The molecule has 0 saturated carbocycles. The molecule has 0 spiro atoms. The summed E-state index contributed by atoms with van der Waals surface area (Å²) in [5.41, 5.74) is 3.07. The van der Waals surface area contributed by atoms with Crippen molar-refractivity contribution in [3.8, 4) is 28.5 Å². The van der Waals surface area contributed by atoms with Crippen LogP contribution in [0.15, 0.2) is 113 Å². The highest BCUT2D eigenvalue weighted by Gasteiger charge is 2.21. The number of carbonyl (C=O) groups excluding carboxylic acids is 3. The maximum Gasteiger partial charge on any atom is 0.272 e. The monoisotopic (exact) mass is 708 g/mol. The summed E-state index contributed by atoms with van der Waals surface area (Å²) in [4.78, 5) is 45.5. The number of anilines is 2. The first-order valence-electron chi connectivity index (χ1n) is 15.6. The van der Waals surface area contributed by atoms with E-state index in [0.29, 0.717) is 39.9 Å². The molecule has 10 nitrogen and oxygen atoms in total. The summed E-state index contributed by atoms with van der Waals surface area (Å²) in [7, 11) is 4.64. The van der Waals surface area contributed by atoms with Crippen LogP contribution in [0.2, 0.25) is 0 Å². The fraction of sp³-hybridized carbons (Fsp3) is 0.158. The molecule has 3 N–H and O–H groups in total. The molecule has 0 radical (unpaired) electrons. The second-order valence-corrected chi connectivity index (χ2v) is 12.8. The Kier molecular flexibility index (Phi) is 12.3. The Bertz CT molecular complexity index is 1980. The first-order valence-corrected chi connectivity index (χ1v) is 17.4. The minimum Gasteiger partial charge on any atom is -0.497 e. The highest BCUT2D eigenvalue weighted by atomic mass is 32.2. The maximum absolute atomic E-state index is 13.7. The Morgan fingerprint density at radius 3 is 2.32 bits per heavy atom. The molecule has 1 unspecified atom stereocenters. The summed E-state index contributed by atoms with van der Waals surface area (Å²) >= 11 is 2.73. The quantitative estimate of drug-likeness (QED) is 0.0790. The highest BCUT2D eigenvalue weighted by Crippen LogP contribution is 2.33. The number of rotatable bonds is 14. The summed E-state index contributed by atoms with van der Waals surface area (Å²) in [5.74, 6) is 0.454. The number of amides is 3. The maximum atomic E-state index is 13.7. The molecule has 0 fully saturated rings. The first-order chi connectivity index (χ1) is 24.3. The molecule has 12 heteroatoms. The van der Waals surface area contributed by atoms with Crippen molar-refractivity contribution in [3.05, 3.63) is 119 Å². The van der Waals surface area contributed by atoms with E-state index in [1.54, 1.807) is 73.8 Å². The van der Waals surface area contributed by atoms with Crippen molar-refractivity contribution < 1.29 is 28.6 Å². The van der Waals surface area contributed by atoms with Gasteiger partial charge in [-0.1, -0.05) is 43.3 Å². The molecule has 0 aliphatic rings. The number of nitrogens with zero attached hydrogens (tertiary/aromatic N) is 1. The molecule has 0 bridgehead atoms. The molecule has 50 heavy (non-hydrogen) atoms. The third-order valence-corrected chi connectivity index (χ3v) is 9.53. The van der Waals surface area contributed by atoms with Crippen LogP contribution in [0.4, 0.5) is 10.8 Å². The molecular formula is C38H36N4O6S2. The number of carbonyl (C=O) groups is 3. The van der Waals surface area contributed by atoms with Crippen molar-refractivity contribution in [3.63, 3.8) is 0 Å². The molecule has 1 heterocycles. The van der Waals surface area contributed by atoms with Gasteiger partial charge in [0, 0.05) is 32.7 Å². The van der Waals surface area contributed by atoms with Gasteiger partial charge in [0.25, 0.3) is 11.8 Å². The van der Waals surface area contributed by atoms with Crippen molar-refractivity contribution in [2.24, 2.45) is 0 Å². The van der Waals surface area contributed by atoms with E-state index in [1.165, 1.54) is 43.4 Å². The van der Waals surface area contributed by atoms with E-state index in [1.807, 2.05) is 42.6 Å². The molecule has 0 aliphatic carbocycles. The molecule has 0 aliphatic heterocycles. The van der Waals surface area contributed by atoms with Crippen LogP contribution in [0.3, 0.4) is 0 Å². The number of thiazole rings is 1. The van der Waals surface area contributed by atoms with E-state index in [2.05, 4.69) is 20.9 Å².